The number of Topliss-reactive ketones (excluding diaryl/α,β-unsaturated/α-hetero) is 2. The van der Waals surface area contributed by atoms with Crippen LogP contribution >= 0.6 is 0 Å². The maximum Gasteiger partial charge on any atom is 0.139 e. The van der Waals surface area contributed by atoms with Gasteiger partial charge in [0, 0.05) is 18.8 Å². The lowest BCUT2D eigenvalue weighted by Crippen LogP contribution is -2.10. The van der Waals surface area contributed by atoms with Gasteiger partial charge < -0.3 is 0 Å². The molecular weight excluding hydrogens is 224 g/mol. The van der Waals surface area contributed by atoms with Gasteiger partial charge in [0.2, 0.25) is 0 Å². The lowest BCUT2D eigenvalue weighted by atomic mass is 9.99. The molecule has 100 valence electrons. The van der Waals surface area contributed by atoms with Crippen LogP contribution in [0.15, 0.2) is 24.3 Å². The molecule has 2 heteroatoms. The van der Waals surface area contributed by atoms with Crippen molar-refractivity contribution in [1.29, 1.82) is 0 Å². The van der Waals surface area contributed by atoms with Crippen molar-refractivity contribution in [2.45, 2.75) is 47.5 Å². The minimum Gasteiger partial charge on any atom is -0.300 e. The molecule has 0 atom stereocenters. The van der Waals surface area contributed by atoms with E-state index in [9.17, 15) is 9.59 Å². The average Bonchev–Trinajstić information content (AvgIpc) is 2.33. The second-order valence-corrected chi connectivity index (χ2v) is 4.49. The van der Waals surface area contributed by atoms with E-state index in [0.29, 0.717) is 12.8 Å². The molecule has 0 amide bonds. The first kappa shape index (κ1) is 16.6. The molecule has 0 aromatic heterocycles. The van der Waals surface area contributed by atoms with Crippen molar-refractivity contribution in [3.63, 3.8) is 0 Å². The van der Waals surface area contributed by atoms with Crippen LogP contribution in [0.4, 0.5) is 0 Å². The SMILES string of the molecule is CC.CC(=O)Cc1ccc(CC(=O)C(C)C)cc1. The summed E-state index contributed by atoms with van der Waals surface area (Å²) in [6.45, 7) is 9.40. The number of benzene rings is 1. The van der Waals surface area contributed by atoms with Crippen molar-refractivity contribution >= 4 is 11.6 Å². The summed E-state index contributed by atoms with van der Waals surface area (Å²) in [6, 6.07) is 7.70. The van der Waals surface area contributed by atoms with Crippen molar-refractivity contribution < 1.29 is 9.59 Å². The zero-order valence-corrected chi connectivity index (χ0v) is 12.1. The molecule has 0 unspecified atom stereocenters. The third-order valence-corrected chi connectivity index (χ3v) is 2.50. The molecule has 0 bridgehead atoms. The predicted octanol–water partition coefficient (Wildman–Crippen LogP) is 3.61. The van der Waals surface area contributed by atoms with E-state index in [1.165, 1.54) is 0 Å². The van der Waals surface area contributed by atoms with Gasteiger partial charge in [-0.05, 0) is 18.1 Å². The smallest absolute Gasteiger partial charge is 0.139 e. The Bertz CT molecular complexity index is 375. The fraction of sp³-hybridized carbons (Fsp3) is 0.500. The molecule has 0 aliphatic rings. The molecule has 2 nitrogen and oxygen atoms in total. The van der Waals surface area contributed by atoms with E-state index < -0.39 is 0 Å². The summed E-state index contributed by atoms with van der Waals surface area (Å²) in [4.78, 5) is 22.4. The van der Waals surface area contributed by atoms with Gasteiger partial charge in [-0.2, -0.15) is 0 Å². The zero-order chi connectivity index (χ0) is 14.1. The van der Waals surface area contributed by atoms with Crippen LogP contribution in [0.3, 0.4) is 0 Å². The average molecular weight is 248 g/mol. The highest BCUT2D eigenvalue weighted by atomic mass is 16.1. The molecule has 0 aliphatic carbocycles. The molecule has 1 aromatic rings. The summed E-state index contributed by atoms with van der Waals surface area (Å²) >= 11 is 0. The Balaban J connectivity index is 0.00000137. The van der Waals surface area contributed by atoms with Crippen LogP contribution in [0.5, 0.6) is 0 Å². The Labute approximate surface area is 110 Å². The molecule has 0 radical (unpaired) electrons. The summed E-state index contributed by atoms with van der Waals surface area (Å²) in [7, 11) is 0. The van der Waals surface area contributed by atoms with Crippen LogP contribution in [0.2, 0.25) is 0 Å². The van der Waals surface area contributed by atoms with Gasteiger partial charge in [-0.1, -0.05) is 52.0 Å². The summed E-state index contributed by atoms with van der Waals surface area (Å²) in [6.07, 6.45) is 0.955. The highest BCUT2D eigenvalue weighted by Crippen LogP contribution is 2.09. The van der Waals surface area contributed by atoms with Gasteiger partial charge in [0.05, 0.1) is 0 Å². The van der Waals surface area contributed by atoms with Crippen LogP contribution in [0, 0.1) is 5.92 Å². The Morgan fingerprint density at radius 3 is 1.67 bits per heavy atom. The molecular formula is C16H24O2. The van der Waals surface area contributed by atoms with Crippen molar-refractivity contribution in [2.75, 3.05) is 0 Å². The number of rotatable bonds is 5. The Kier molecular flexibility index (Phi) is 7.93. The van der Waals surface area contributed by atoms with Crippen LogP contribution < -0.4 is 0 Å². The van der Waals surface area contributed by atoms with Crippen LogP contribution in [0.1, 0.15) is 45.7 Å². The zero-order valence-electron chi connectivity index (χ0n) is 12.1. The topological polar surface area (TPSA) is 34.1 Å². The number of carbonyl (C=O) groups excluding carboxylic acids is 2. The van der Waals surface area contributed by atoms with Crippen molar-refractivity contribution in [3.05, 3.63) is 35.4 Å². The van der Waals surface area contributed by atoms with Gasteiger partial charge in [0.1, 0.15) is 11.6 Å². The van der Waals surface area contributed by atoms with Gasteiger partial charge in [0.15, 0.2) is 0 Å². The van der Waals surface area contributed by atoms with Crippen LogP contribution in [-0.2, 0) is 22.4 Å². The second kappa shape index (κ2) is 8.62. The lowest BCUT2D eigenvalue weighted by molar-refractivity contribution is -0.121. The standard InChI is InChI=1S/C14H18O2.C2H6/c1-10(2)14(16)9-13-6-4-12(5-7-13)8-11(3)15;1-2/h4-7,10H,8-9H2,1-3H3;1-2H3. The molecule has 0 spiro atoms. The Morgan fingerprint density at radius 2 is 1.33 bits per heavy atom. The fourth-order valence-corrected chi connectivity index (χ4v) is 1.47. The van der Waals surface area contributed by atoms with Crippen LogP contribution in [0.25, 0.3) is 0 Å². The van der Waals surface area contributed by atoms with E-state index in [4.69, 9.17) is 0 Å². The van der Waals surface area contributed by atoms with Gasteiger partial charge >= 0.3 is 0 Å². The number of hydrogen-bond acceptors (Lipinski definition) is 2. The minimum absolute atomic E-state index is 0.0805. The first-order valence-corrected chi connectivity index (χ1v) is 6.59. The third-order valence-electron chi connectivity index (χ3n) is 2.50. The maximum atomic E-state index is 11.5. The van der Waals surface area contributed by atoms with Gasteiger partial charge in [-0.3, -0.25) is 9.59 Å². The molecule has 0 aliphatic heterocycles. The Morgan fingerprint density at radius 1 is 0.944 bits per heavy atom. The molecule has 0 saturated carbocycles. The number of carbonyl (C=O) groups is 2. The van der Waals surface area contributed by atoms with Gasteiger partial charge in [-0.25, -0.2) is 0 Å². The monoisotopic (exact) mass is 248 g/mol. The van der Waals surface area contributed by atoms with E-state index in [0.717, 1.165) is 11.1 Å². The molecule has 1 rings (SSSR count). The van der Waals surface area contributed by atoms with Crippen molar-refractivity contribution in [1.82, 2.24) is 0 Å². The molecule has 0 heterocycles. The van der Waals surface area contributed by atoms with E-state index in [-0.39, 0.29) is 17.5 Å². The predicted molar refractivity (Wildman–Crippen MR) is 75.7 cm³/mol. The van der Waals surface area contributed by atoms with Gasteiger partial charge in [0.25, 0.3) is 0 Å². The van der Waals surface area contributed by atoms with E-state index in [2.05, 4.69) is 0 Å². The normalized spacial score (nSPS) is 9.67. The number of ketones is 2. The second-order valence-electron chi connectivity index (χ2n) is 4.49. The van der Waals surface area contributed by atoms with E-state index in [1.54, 1.807) is 6.92 Å². The molecule has 0 fully saturated rings. The third kappa shape index (κ3) is 6.33. The fourth-order valence-electron chi connectivity index (χ4n) is 1.47. The quantitative estimate of drug-likeness (QED) is 0.797. The largest absolute Gasteiger partial charge is 0.300 e. The van der Waals surface area contributed by atoms with Crippen molar-refractivity contribution in [3.8, 4) is 0 Å². The first-order valence-electron chi connectivity index (χ1n) is 6.59. The van der Waals surface area contributed by atoms with E-state index >= 15 is 0 Å². The van der Waals surface area contributed by atoms with Crippen LogP contribution in [-0.4, -0.2) is 11.6 Å². The minimum atomic E-state index is 0.0805. The summed E-state index contributed by atoms with van der Waals surface area (Å²) < 4.78 is 0. The first-order chi connectivity index (χ1) is 8.49. The molecule has 18 heavy (non-hydrogen) atoms. The number of hydrogen-bond donors (Lipinski definition) is 0. The Hall–Kier alpha value is -1.44. The van der Waals surface area contributed by atoms with E-state index in [1.807, 2.05) is 52.0 Å². The molecule has 1 aromatic carbocycles. The van der Waals surface area contributed by atoms with Gasteiger partial charge in [-0.15, -0.1) is 0 Å². The highest BCUT2D eigenvalue weighted by Gasteiger charge is 2.08. The maximum absolute atomic E-state index is 11.5. The van der Waals surface area contributed by atoms with Crippen molar-refractivity contribution in [2.24, 2.45) is 5.92 Å². The summed E-state index contributed by atoms with van der Waals surface area (Å²) in [5.74, 6) is 0.488. The summed E-state index contributed by atoms with van der Waals surface area (Å²) in [5, 5.41) is 0. The molecule has 0 N–H and O–H groups in total. The lowest BCUT2D eigenvalue weighted by Gasteiger charge is -2.05. The molecule has 0 saturated heterocycles. The highest BCUT2D eigenvalue weighted by molar-refractivity contribution is 5.82. The summed E-state index contributed by atoms with van der Waals surface area (Å²) in [5.41, 5.74) is 2.03.